The number of rotatable bonds is 3. The van der Waals surface area contributed by atoms with Gasteiger partial charge in [-0.05, 0) is 52.0 Å². The molecule has 1 saturated carbocycles. The Kier molecular flexibility index (Phi) is 4.12. The second-order valence-electron chi connectivity index (χ2n) is 6.17. The van der Waals surface area contributed by atoms with Gasteiger partial charge in [0.05, 0.1) is 5.54 Å². The summed E-state index contributed by atoms with van der Waals surface area (Å²) in [6.07, 6.45) is 13.7. The highest BCUT2D eigenvalue weighted by atomic mass is 15.0. The van der Waals surface area contributed by atoms with Crippen LogP contribution in [-0.4, -0.2) is 24.2 Å². The van der Waals surface area contributed by atoms with Crippen LogP contribution >= 0.6 is 0 Å². The van der Waals surface area contributed by atoms with Crippen molar-refractivity contribution in [1.82, 2.24) is 10.6 Å². The van der Waals surface area contributed by atoms with Crippen molar-refractivity contribution >= 4 is 0 Å². The molecule has 2 fully saturated rings. The van der Waals surface area contributed by atoms with Gasteiger partial charge in [0.25, 0.3) is 0 Å². The monoisotopic (exact) mass is 234 g/mol. The minimum atomic E-state index is -0.168. The van der Waals surface area contributed by atoms with Crippen molar-refractivity contribution in [2.45, 2.75) is 70.0 Å². The van der Waals surface area contributed by atoms with Gasteiger partial charge < -0.3 is 5.32 Å². The van der Waals surface area contributed by atoms with Gasteiger partial charge in [-0.3, -0.25) is 5.32 Å². The summed E-state index contributed by atoms with van der Waals surface area (Å²) < 4.78 is 0. The molecule has 0 amide bonds. The van der Waals surface area contributed by atoms with E-state index in [1.54, 1.807) is 0 Å². The molecule has 1 aliphatic carbocycles. The summed E-state index contributed by atoms with van der Waals surface area (Å²) in [4.78, 5) is 0. The standard InChI is InChI=1S/C15H26N2/c1-4-15(2,3)17-14-9-6-5-8-12(14)13-10-7-11-16-13/h1,12-14,16-17H,5-11H2,2-3H3. The van der Waals surface area contributed by atoms with Gasteiger partial charge in [0.2, 0.25) is 0 Å². The van der Waals surface area contributed by atoms with E-state index < -0.39 is 0 Å². The lowest BCUT2D eigenvalue weighted by Crippen LogP contribution is -2.53. The second kappa shape index (κ2) is 5.42. The predicted octanol–water partition coefficient (Wildman–Crippen LogP) is 2.30. The van der Waals surface area contributed by atoms with Crippen LogP contribution in [0.1, 0.15) is 52.4 Å². The van der Waals surface area contributed by atoms with Crippen molar-refractivity contribution in [3.8, 4) is 12.3 Å². The first-order valence-electron chi connectivity index (χ1n) is 7.11. The topological polar surface area (TPSA) is 24.1 Å². The molecule has 0 aromatic rings. The first kappa shape index (κ1) is 12.9. The van der Waals surface area contributed by atoms with Gasteiger partial charge in [0.1, 0.15) is 0 Å². The Balaban J connectivity index is 1.99. The van der Waals surface area contributed by atoms with Gasteiger partial charge >= 0.3 is 0 Å². The maximum absolute atomic E-state index is 5.59. The minimum Gasteiger partial charge on any atom is -0.314 e. The Labute approximate surface area is 106 Å². The normalized spacial score (nSPS) is 34.5. The summed E-state index contributed by atoms with van der Waals surface area (Å²) in [6.45, 7) is 5.42. The van der Waals surface area contributed by atoms with E-state index in [1.807, 2.05) is 0 Å². The van der Waals surface area contributed by atoms with Crippen LogP contribution in [0.2, 0.25) is 0 Å². The Morgan fingerprint density at radius 2 is 1.94 bits per heavy atom. The number of nitrogens with one attached hydrogen (secondary N) is 2. The number of hydrogen-bond donors (Lipinski definition) is 2. The molecule has 0 aromatic carbocycles. The first-order valence-corrected chi connectivity index (χ1v) is 7.11. The molecule has 96 valence electrons. The summed E-state index contributed by atoms with van der Waals surface area (Å²) in [5.74, 6) is 3.64. The van der Waals surface area contributed by atoms with Crippen LogP contribution in [0.5, 0.6) is 0 Å². The average molecular weight is 234 g/mol. The van der Waals surface area contributed by atoms with Gasteiger partial charge in [0, 0.05) is 12.1 Å². The molecule has 3 atom stereocenters. The Morgan fingerprint density at radius 3 is 2.59 bits per heavy atom. The second-order valence-corrected chi connectivity index (χ2v) is 6.17. The van der Waals surface area contributed by atoms with Crippen LogP contribution in [0.15, 0.2) is 0 Å². The van der Waals surface area contributed by atoms with Crippen molar-refractivity contribution in [2.75, 3.05) is 6.54 Å². The van der Waals surface area contributed by atoms with Gasteiger partial charge in [-0.2, -0.15) is 0 Å². The molecule has 1 heterocycles. The fourth-order valence-electron chi connectivity index (χ4n) is 3.40. The lowest BCUT2D eigenvalue weighted by Gasteiger charge is -2.39. The Morgan fingerprint density at radius 1 is 1.18 bits per heavy atom. The summed E-state index contributed by atoms with van der Waals surface area (Å²) in [5.41, 5.74) is -0.168. The molecule has 1 saturated heterocycles. The molecule has 0 spiro atoms. The first-order chi connectivity index (χ1) is 8.12. The molecule has 2 aliphatic rings. The number of terminal acetylenes is 1. The van der Waals surface area contributed by atoms with Crippen molar-refractivity contribution in [1.29, 1.82) is 0 Å². The molecular formula is C15H26N2. The highest BCUT2D eigenvalue weighted by Crippen LogP contribution is 2.31. The fourth-order valence-corrected chi connectivity index (χ4v) is 3.40. The molecule has 17 heavy (non-hydrogen) atoms. The Bertz CT molecular complexity index is 284. The van der Waals surface area contributed by atoms with Crippen LogP contribution in [-0.2, 0) is 0 Å². The summed E-state index contributed by atoms with van der Waals surface area (Å²) in [5, 5.41) is 7.36. The molecule has 0 bridgehead atoms. The van der Waals surface area contributed by atoms with Gasteiger partial charge in [0.15, 0.2) is 0 Å². The zero-order valence-corrected chi connectivity index (χ0v) is 11.3. The zero-order chi connectivity index (χ0) is 12.3. The predicted molar refractivity (Wildman–Crippen MR) is 72.8 cm³/mol. The summed E-state index contributed by atoms with van der Waals surface area (Å²) >= 11 is 0. The maximum atomic E-state index is 5.59. The maximum Gasteiger partial charge on any atom is 0.0743 e. The molecule has 1 aliphatic heterocycles. The van der Waals surface area contributed by atoms with E-state index in [2.05, 4.69) is 30.4 Å². The largest absolute Gasteiger partial charge is 0.314 e. The SMILES string of the molecule is C#CC(C)(C)NC1CCCCC1C1CCCN1. The molecule has 2 heteroatoms. The fraction of sp³-hybridized carbons (Fsp3) is 0.867. The van der Waals surface area contributed by atoms with Crippen LogP contribution in [0.4, 0.5) is 0 Å². The van der Waals surface area contributed by atoms with Gasteiger partial charge in [-0.1, -0.05) is 18.8 Å². The van der Waals surface area contributed by atoms with Gasteiger partial charge in [-0.15, -0.1) is 6.42 Å². The van der Waals surface area contributed by atoms with E-state index in [1.165, 1.54) is 45.1 Å². The quantitative estimate of drug-likeness (QED) is 0.732. The summed E-state index contributed by atoms with van der Waals surface area (Å²) in [7, 11) is 0. The zero-order valence-electron chi connectivity index (χ0n) is 11.3. The molecule has 0 aromatic heterocycles. The van der Waals surface area contributed by atoms with E-state index in [0.717, 1.165) is 12.0 Å². The van der Waals surface area contributed by atoms with Crippen molar-refractivity contribution < 1.29 is 0 Å². The third-order valence-electron chi connectivity index (χ3n) is 4.34. The van der Waals surface area contributed by atoms with E-state index in [-0.39, 0.29) is 5.54 Å². The highest BCUT2D eigenvalue weighted by Gasteiger charge is 2.35. The smallest absolute Gasteiger partial charge is 0.0743 e. The number of hydrogen-bond acceptors (Lipinski definition) is 2. The van der Waals surface area contributed by atoms with Crippen LogP contribution in [0.3, 0.4) is 0 Å². The van der Waals surface area contributed by atoms with Crippen LogP contribution < -0.4 is 10.6 Å². The molecule has 2 N–H and O–H groups in total. The third-order valence-corrected chi connectivity index (χ3v) is 4.34. The molecule has 2 nitrogen and oxygen atoms in total. The molecule has 0 radical (unpaired) electrons. The van der Waals surface area contributed by atoms with E-state index in [9.17, 15) is 0 Å². The minimum absolute atomic E-state index is 0.168. The highest BCUT2D eigenvalue weighted by molar-refractivity contribution is 5.09. The molecule has 3 unspecified atom stereocenters. The average Bonchev–Trinajstić information content (AvgIpc) is 2.83. The third kappa shape index (κ3) is 3.24. The summed E-state index contributed by atoms with van der Waals surface area (Å²) in [6, 6.07) is 1.33. The van der Waals surface area contributed by atoms with Gasteiger partial charge in [-0.25, -0.2) is 0 Å². The molecule has 2 rings (SSSR count). The lowest BCUT2D eigenvalue weighted by molar-refractivity contribution is 0.193. The van der Waals surface area contributed by atoms with E-state index in [4.69, 9.17) is 6.42 Å². The van der Waals surface area contributed by atoms with Crippen molar-refractivity contribution in [3.63, 3.8) is 0 Å². The van der Waals surface area contributed by atoms with Crippen molar-refractivity contribution in [2.24, 2.45) is 5.92 Å². The van der Waals surface area contributed by atoms with Crippen molar-refractivity contribution in [3.05, 3.63) is 0 Å². The van der Waals surface area contributed by atoms with Crippen LogP contribution in [0.25, 0.3) is 0 Å². The Hall–Kier alpha value is -0.520. The van der Waals surface area contributed by atoms with E-state index >= 15 is 0 Å². The lowest BCUT2D eigenvalue weighted by atomic mass is 9.78. The molecular weight excluding hydrogens is 208 g/mol. The van der Waals surface area contributed by atoms with E-state index in [0.29, 0.717) is 6.04 Å². The van der Waals surface area contributed by atoms with Crippen LogP contribution in [0, 0.1) is 18.3 Å².